The summed E-state index contributed by atoms with van der Waals surface area (Å²) in [5, 5.41) is 1.09. The molecule has 2 rings (SSSR count). The number of hydrogen-bond donors (Lipinski definition) is 0. The monoisotopic (exact) mass is 211 g/mol. The molecule has 1 aromatic heterocycles. The van der Waals surface area contributed by atoms with Crippen molar-refractivity contribution in [3.8, 4) is 0 Å². The van der Waals surface area contributed by atoms with Crippen molar-refractivity contribution in [2.45, 2.75) is 19.9 Å². The molecular formula is C11H11ClFN. The van der Waals surface area contributed by atoms with Crippen molar-refractivity contribution >= 4 is 22.5 Å². The maximum absolute atomic E-state index is 13.1. The van der Waals surface area contributed by atoms with Crippen molar-refractivity contribution in [1.29, 1.82) is 0 Å². The first-order chi connectivity index (χ1) is 6.72. The minimum Gasteiger partial charge on any atom is -0.347 e. The minimum atomic E-state index is -0.353. The van der Waals surface area contributed by atoms with Crippen molar-refractivity contribution in [3.63, 3.8) is 0 Å². The molecule has 3 heteroatoms. The molecule has 0 amide bonds. The first kappa shape index (κ1) is 9.53. The zero-order chi connectivity index (χ0) is 10.1. The summed E-state index contributed by atoms with van der Waals surface area (Å²) in [6.07, 6.45) is 3.02. The van der Waals surface area contributed by atoms with E-state index >= 15 is 0 Å². The van der Waals surface area contributed by atoms with E-state index in [2.05, 4.69) is 11.5 Å². The Morgan fingerprint density at radius 1 is 1.43 bits per heavy atom. The minimum absolute atomic E-state index is 0.188. The van der Waals surface area contributed by atoms with E-state index in [9.17, 15) is 4.39 Å². The van der Waals surface area contributed by atoms with E-state index in [-0.39, 0.29) is 10.8 Å². The fraction of sp³-hybridized carbons (Fsp3) is 0.273. The molecule has 14 heavy (non-hydrogen) atoms. The van der Waals surface area contributed by atoms with E-state index in [0.717, 1.165) is 23.9 Å². The molecule has 74 valence electrons. The molecule has 1 aromatic carbocycles. The third-order valence-corrected chi connectivity index (χ3v) is 2.57. The number of benzene rings is 1. The molecule has 0 saturated heterocycles. The highest BCUT2D eigenvalue weighted by Crippen LogP contribution is 2.23. The molecule has 1 nitrogen and oxygen atoms in total. The van der Waals surface area contributed by atoms with E-state index in [1.54, 1.807) is 6.07 Å². The average molecular weight is 212 g/mol. The van der Waals surface area contributed by atoms with E-state index in [1.807, 2.05) is 12.3 Å². The predicted octanol–water partition coefficient (Wildman–Crippen LogP) is 3.84. The highest BCUT2D eigenvalue weighted by atomic mass is 35.5. The predicted molar refractivity (Wildman–Crippen MR) is 57.2 cm³/mol. The summed E-state index contributed by atoms with van der Waals surface area (Å²) < 4.78 is 15.2. The Morgan fingerprint density at radius 3 is 2.93 bits per heavy atom. The molecule has 0 aliphatic rings. The van der Waals surface area contributed by atoms with Gasteiger partial charge in [-0.1, -0.05) is 18.5 Å². The van der Waals surface area contributed by atoms with Gasteiger partial charge in [0.15, 0.2) is 0 Å². The average Bonchev–Trinajstić information content (AvgIpc) is 2.51. The lowest BCUT2D eigenvalue weighted by molar-refractivity contribution is 0.629. The third kappa shape index (κ3) is 1.50. The molecule has 0 unspecified atom stereocenters. The van der Waals surface area contributed by atoms with Gasteiger partial charge in [-0.25, -0.2) is 4.39 Å². The van der Waals surface area contributed by atoms with Crippen LogP contribution < -0.4 is 0 Å². The topological polar surface area (TPSA) is 4.93 Å². The van der Waals surface area contributed by atoms with Crippen molar-refractivity contribution in [3.05, 3.63) is 35.2 Å². The summed E-state index contributed by atoms with van der Waals surface area (Å²) in [6, 6.07) is 5.07. The van der Waals surface area contributed by atoms with Crippen molar-refractivity contribution < 1.29 is 4.39 Å². The van der Waals surface area contributed by atoms with Crippen LogP contribution in [0.1, 0.15) is 13.3 Å². The maximum atomic E-state index is 13.1. The van der Waals surface area contributed by atoms with Crippen LogP contribution in [-0.2, 0) is 6.54 Å². The van der Waals surface area contributed by atoms with Gasteiger partial charge in [-0.3, -0.25) is 0 Å². The van der Waals surface area contributed by atoms with Gasteiger partial charge in [0.05, 0.1) is 5.02 Å². The Balaban J connectivity index is 2.61. The second-order valence-corrected chi connectivity index (χ2v) is 3.74. The number of aromatic nitrogens is 1. The van der Waals surface area contributed by atoms with Crippen LogP contribution in [0.5, 0.6) is 0 Å². The SMILES string of the molecule is CCCn1ccc2cc(F)c(Cl)cc21. The molecule has 0 N–H and O–H groups in total. The zero-order valence-corrected chi connectivity index (χ0v) is 8.68. The lowest BCUT2D eigenvalue weighted by Gasteiger charge is -2.03. The standard InChI is InChI=1S/C11H11ClFN/c1-2-4-14-5-3-8-6-10(13)9(12)7-11(8)14/h3,5-7H,2,4H2,1H3. The fourth-order valence-electron chi connectivity index (χ4n) is 1.62. The van der Waals surface area contributed by atoms with Gasteiger partial charge < -0.3 is 4.57 Å². The molecular weight excluding hydrogens is 201 g/mol. The normalized spacial score (nSPS) is 11.1. The highest BCUT2D eigenvalue weighted by molar-refractivity contribution is 6.31. The fourth-order valence-corrected chi connectivity index (χ4v) is 1.78. The molecule has 0 spiro atoms. The first-order valence-electron chi connectivity index (χ1n) is 4.66. The van der Waals surface area contributed by atoms with Crippen LogP contribution >= 0.6 is 11.6 Å². The van der Waals surface area contributed by atoms with Crippen LogP contribution in [0.25, 0.3) is 10.9 Å². The number of aryl methyl sites for hydroxylation is 1. The van der Waals surface area contributed by atoms with Crippen LogP contribution in [-0.4, -0.2) is 4.57 Å². The van der Waals surface area contributed by atoms with E-state index in [0.29, 0.717) is 0 Å². The Morgan fingerprint density at radius 2 is 2.21 bits per heavy atom. The second-order valence-electron chi connectivity index (χ2n) is 3.33. The van der Waals surface area contributed by atoms with E-state index < -0.39 is 0 Å². The number of halogens is 2. The van der Waals surface area contributed by atoms with Gasteiger partial charge in [0.1, 0.15) is 5.82 Å². The molecule has 0 bridgehead atoms. The van der Waals surface area contributed by atoms with Crippen LogP contribution in [0.3, 0.4) is 0 Å². The molecule has 0 atom stereocenters. The van der Waals surface area contributed by atoms with Crippen molar-refractivity contribution in [1.82, 2.24) is 4.57 Å². The number of nitrogens with zero attached hydrogens (tertiary/aromatic N) is 1. The Hall–Kier alpha value is -1.02. The molecule has 0 saturated carbocycles. The van der Waals surface area contributed by atoms with Gasteiger partial charge in [0, 0.05) is 23.6 Å². The summed E-state index contributed by atoms with van der Waals surface area (Å²) in [5.74, 6) is -0.353. The van der Waals surface area contributed by atoms with Gasteiger partial charge in [0.2, 0.25) is 0 Å². The third-order valence-electron chi connectivity index (χ3n) is 2.28. The van der Waals surface area contributed by atoms with Gasteiger partial charge in [-0.2, -0.15) is 0 Å². The largest absolute Gasteiger partial charge is 0.347 e. The van der Waals surface area contributed by atoms with Crippen molar-refractivity contribution in [2.24, 2.45) is 0 Å². The van der Waals surface area contributed by atoms with E-state index in [1.165, 1.54) is 6.07 Å². The van der Waals surface area contributed by atoms with Gasteiger partial charge in [-0.15, -0.1) is 0 Å². The molecule has 0 fully saturated rings. The van der Waals surface area contributed by atoms with Crippen LogP contribution in [0.15, 0.2) is 24.4 Å². The maximum Gasteiger partial charge on any atom is 0.142 e. The van der Waals surface area contributed by atoms with Crippen molar-refractivity contribution in [2.75, 3.05) is 0 Å². The summed E-state index contributed by atoms with van der Waals surface area (Å²) >= 11 is 5.73. The Kier molecular flexibility index (Phi) is 2.46. The smallest absolute Gasteiger partial charge is 0.142 e. The number of rotatable bonds is 2. The van der Waals surface area contributed by atoms with Crippen LogP contribution in [0, 0.1) is 5.82 Å². The van der Waals surface area contributed by atoms with Gasteiger partial charge in [-0.05, 0) is 24.6 Å². The van der Waals surface area contributed by atoms with Gasteiger partial charge >= 0.3 is 0 Å². The van der Waals surface area contributed by atoms with E-state index in [4.69, 9.17) is 11.6 Å². The zero-order valence-electron chi connectivity index (χ0n) is 7.93. The lowest BCUT2D eigenvalue weighted by Crippen LogP contribution is -1.93. The highest BCUT2D eigenvalue weighted by Gasteiger charge is 2.05. The summed E-state index contributed by atoms with van der Waals surface area (Å²) in [5.41, 5.74) is 0.998. The summed E-state index contributed by atoms with van der Waals surface area (Å²) in [4.78, 5) is 0. The molecule has 1 heterocycles. The number of fused-ring (bicyclic) bond motifs is 1. The molecule has 0 radical (unpaired) electrons. The second kappa shape index (κ2) is 3.62. The lowest BCUT2D eigenvalue weighted by atomic mass is 10.2. The van der Waals surface area contributed by atoms with Gasteiger partial charge in [0.25, 0.3) is 0 Å². The number of hydrogen-bond acceptors (Lipinski definition) is 0. The molecule has 2 aromatic rings. The van der Waals surface area contributed by atoms with Crippen LogP contribution in [0.4, 0.5) is 4.39 Å². The molecule has 0 aliphatic carbocycles. The first-order valence-corrected chi connectivity index (χ1v) is 5.04. The van der Waals surface area contributed by atoms with Crippen LogP contribution in [0.2, 0.25) is 5.02 Å². The quantitative estimate of drug-likeness (QED) is 0.711. The Bertz CT molecular complexity index is 462. The Labute approximate surface area is 87.1 Å². The summed E-state index contributed by atoms with van der Waals surface area (Å²) in [6.45, 7) is 3.04. The summed E-state index contributed by atoms with van der Waals surface area (Å²) in [7, 11) is 0. The molecule has 0 aliphatic heterocycles.